The zero-order chi connectivity index (χ0) is 18.1. The summed E-state index contributed by atoms with van der Waals surface area (Å²) in [6.07, 6.45) is 1.86. The molecule has 134 valence electrons. The third-order valence-corrected chi connectivity index (χ3v) is 6.47. The van der Waals surface area contributed by atoms with Crippen LogP contribution in [0.2, 0.25) is 5.02 Å². The first kappa shape index (κ1) is 17.2. The van der Waals surface area contributed by atoms with Gasteiger partial charge in [-0.05, 0) is 17.7 Å². The molecule has 1 aliphatic heterocycles. The summed E-state index contributed by atoms with van der Waals surface area (Å²) in [7, 11) is -3.35. The van der Waals surface area contributed by atoms with Gasteiger partial charge in [-0.25, -0.2) is 13.1 Å². The number of hydrogen-bond donors (Lipinski definition) is 0. The average molecular weight is 389 g/mol. The molecule has 1 aromatic heterocycles. The fraction of sp³-hybridized carbons (Fsp3) is 0.222. The Morgan fingerprint density at radius 2 is 1.73 bits per heavy atom. The van der Waals surface area contributed by atoms with Gasteiger partial charge in [-0.15, -0.1) is 5.10 Å². The van der Waals surface area contributed by atoms with Crippen LogP contribution in [-0.2, 0) is 15.8 Å². The van der Waals surface area contributed by atoms with Crippen LogP contribution < -0.4 is 0 Å². The van der Waals surface area contributed by atoms with Crippen molar-refractivity contribution < 1.29 is 8.42 Å². The highest BCUT2D eigenvalue weighted by Gasteiger charge is 2.37. The molecule has 0 saturated carbocycles. The van der Waals surface area contributed by atoms with Crippen LogP contribution in [0, 0.1) is 0 Å². The molecule has 4 rings (SSSR count). The van der Waals surface area contributed by atoms with E-state index in [9.17, 15) is 8.42 Å². The number of aromatic nitrogens is 3. The minimum atomic E-state index is -3.35. The van der Waals surface area contributed by atoms with Crippen LogP contribution >= 0.6 is 11.6 Å². The molecule has 0 radical (unpaired) electrons. The molecule has 0 spiro atoms. The van der Waals surface area contributed by atoms with Crippen LogP contribution in [0.4, 0.5) is 0 Å². The fourth-order valence-corrected chi connectivity index (χ4v) is 4.61. The van der Waals surface area contributed by atoms with E-state index >= 15 is 0 Å². The lowest BCUT2D eigenvalue weighted by Crippen LogP contribution is -2.51. The maximum absolute atomic E-state index is 12.5. The van der Waals surface area contributed by atoms with Crippen molar-refractivity contribution in [1.82, 2.24) is 19.3 Å². The van der Waals surface area contributed by atoms with E-state index in [1.165, 1.54) is 4.31 Å². The van der Waals surface area contributed by atoms with Crippen LogP contribution in [-0.4, -0.2) is 40.8 Å². The molecule has 1 saturated heterocycles. The average Bonchev–Trinajstić information content (AvgIpc) is 3.05. The predicted molar refractivity (Wildman–Crippen MR) is 100 cm³/mol. The van der Waals surface area contributed by atoms with Gasteiger partial charge in [0.15, 0.2) is 0 Å². The smallest absolute Gasteiger partial charge is 0.218 e. The molecule has 2 heterocycles. The Balaban J connectivity index is 1.40. The van der Waals surface area contributed by atoms with E-state index in [1.54, 1.807) is 28.9 Å². The summed E-state index contributed by atoms with van der Waals surface area (Å²) in [5.74, 6) is -0.0243. The summed E-state index contributed by atoms with van der Waals surface area (Å²) in [6.45, 7) is 0.820. The first-order valence-electron chi connectivity index (χ1n) is 8.21. The van der Waals surface area contributed by atoms with Gasteiger partial charge in [0.1, 0.15) is 5.69 Å². The van der Waals surface area contributed by atoms with Crippen molar-refractivity contribution >= 4 is 21.6 Å². The lowest BCUT2D eigenvalue weighted by Gasteiger charge is -2.37. The molecular weight excluding hydrogens is 372 g/mol. The Morgan fingerprint density at radius 1 is 1.04 bits per heavy atom. The fourth-order valence-electron chi connectivity index (χ4n) is 2.89. The standard InChI is InChI=1S/C18H17ClN4O2S/c19-16-8-6-14(7-9-16)13-26(24,25)22-10-17(11-22)23-12-18(20-21-23)15-4-2-1-3-5-15/h1-9,12,17H,10-11,13H2. The molecule has 2 aromatic carbocycles. The Hall–Kier alpha value is -2.22. The highest BCUT2D eigenvalue weighted by Crippen LogP contribution is 2.27. The lowest BCUT2D eigenvalue weighted by molar-refractivity contribution is 0.188. The summed E-state index contributed by atoms with van der Waals surface area (Å²) in [4.78, 5) is 0. The molecule has 1 aliphatic rings. The number of rotatable bonds is 5. The van der Waals surface area contributed by atoms with Crippen molar-refractivity contribution in [3.63, 3.8) is 0 Å². The number of sulfonamides is 1. The summed E-state index contributed by atoms with van der Waals surface area (Å²) >= 11 is 5.84. The number of halogens is 1. The molecule has 0 atom stereocenters. The molecular formula is C18H17ClN4O2S. The number of nitrogens with zero attached hydrogens (tertiary/aromatic N) is 4. The van der Waals surface area contributed by atoms with Crippen molar-refractivity contribution in [2.24, 2.45) is 0 Å². The van der Waals surface area contributed by atoms with Crippen molar-refractivity contribution in [1.29, 1.82) is 0 Å². The quantitative estimate of drug-likeness (QED) is 0.673. The maximum atomic E-state index is 12.5. The summed E-state index contributed by atoms with van der Waals surface area (Å²) in [5, 5.41) is 8.93. The van der Waals surface area contributed by atoms with E-state index < -0.39 is 10.0 Å². The van der Waals surface area contributed by atoms with E-state index in [0.29, 0.717) is 18.1 Å². The summed E-state index contributed by atoms with van der Waals surface area (Å²) in [5.41, 5.74) is 2.50. The van der Waals surface area contributed by atoms with Gasteiger partial charge in [0.2, 0.25) is 10.0 Å². The van der Waals surface area contributed by atoms with Crippen molar-refractivity contribution in [3.05, 3.63) is 71.4 Å². The van der Waals surface area contributed by atoms with E-state index in [-0.39, 0.29) is 11.8 Å². The SMILES string of the molecule is O=S(=O)(Cc1ccc(Cl)cc1)N1CC(n2cc(-c3ccccc3)nn2)C1. The van der Waals surface area contributed by atoms with Gasteiger partial charge < -0.3 is 0 Å². The van der Waals surface area contributed by atoms with Crippen molar-refractivity contribution in [3.8, 4) is 11.3 Å². The topological polar surface area (TPSA) is 68.1 Å². The van der Waals surface area contributed by atoms with E-state index in [2.05, 4.69) is 10.3 Å². The van der Waals surface area contributed by atoms with E-state index in [0.717, 1.165) is 16.8 Å². The predicted octanol–water partition coefficient (Wildman–Crippen LogP) is 2.99. The normalized spacial score (nSPS) is 15.7. The van der Waals surface area contributed by atoms with Gasteiger partial charge in [0.05, 0.1) is 18.0 Å². The molecule has 0 amide bonds. The van der Waals surface area contributed by atoms with Crippen LogP contribution in [0.3, 0.4) is 0 Å². The first-order chi connectivity index (χ1) is 12.5. The third kappa shape index (κ3) is 3.51. The minimum absolute atomic E-state index is 0.0138. The van der Waals surface area contributed by atoms with Gasteiger partial charge in [0, 0.05) is 23.7 Å². The second kappa shape index (κ2) is 6.83. The molecule has 6 nitrogen and oxygen atoms in total. The zero-order valence-electron chi connectivity index (χ0n) is 13.9. The van der Waals surface area contributed by atoms with E-state index in [1.807, 2.05) is 36.5 Å². The lowest BCUT2D eigenvalue weighted by atomic mass is 10.1. The highest BCUT2D eigenvalue weighted by atomic mass is 35.5. The van der Waals surface area contributed by atoms with E-state index in [4.69, 9.17) is 11.6 Å². The number of benzene rings is 2. The van der Waals surface area contributed by atoms with Crippen LogP contribution in [0.5, 0.6) is 0 Å². The van der Waals surface area contributed by atoms with Gasteiger partial charge in [0.25, 0.3) is 0 Å². The Morgan fingerprint density at radius 3 is 2.42 bits per heavy atom. The maximum Gasteiger partial charge on any atom is 0.218 e. The first-order valence-corrected chi connectivity index (χ1v) is 10.2. The van der Waals surface area contributed by atoms with Crippen molar-refractivity contribution in [2.75, 3.05) is 13.1 Å². The van der Waals surface area contributed by atoms with Crippen LogP contribution in [0.1, 0.15) is 11.6 Å². The molecule has 0 bridgehead atoms. The second-order valence-electron chi connectivity index (χ2n) is 6.30. The molecule has 0 aliphatic carbocycles. The van der Waals surface area contributed by atoms with Crippen LogP contribution in [0.25, 0.3) is 11.3 Å². The Bertz CT molecular complexity index is 997. The molecule has 1 fully saturated rings. The minimum Gasteiger partial charge on any atom is -0.246 e. The molecule has 26 heavy (non-hydrogen) atoms. The third-order valence-electron chi connectivity index (χ3n) is 4.44. The summed E-state index contributed by atoms with van der Waals surface area (Å²) < 4.78 is 28.3. The van der Waals surface area contributed by atoms with Gasteiger partial charge >= 0.3 is 0 Å². The van der Waals surface area contributed by atoms with Crippen molar-refractivity contribution in [2.45, 2.75) is 11.8 Å². The second-order valence-corrected chi connectivity index (χ2v) is 8.71. The van der Waals surface area contributed by atoms with Gasteiger partial charge in [-0.1, -0.05) is 59.3 Å². The Kier molecular flexibility index (Phi) is 4.52. The van der Waals surface area contributed by atoms with Crippen LogP contribution in [0.15, 0.2) is 60.8 Å². The van der Waals surface area contributed by atoms with Gasteiger partial charge in [-0.2, -0.15) is 4.31 Å². The highest BCUT2D eigenvalue weighted by molar-refractivity contribution is 7.88. The Labute approximate surface area is 157 Å². The molecule has 3 aromatic rings. The molecule has 8 heteroatoms. The monoisotopic (exact) mass is 388 g/mol. The largest absolute Gasteiger partial charge is 0.246 e. The zero-order valence-corrected chi connectivity index (χ0v) is 15.4. The number of hydrogen-bond acceptors (Lipinski definition) is 4. The molecule has 0 unspecified atom stereocenters. The van der Waals surface area contributed by atoms with Gasteiger partial charge in [-0.3, -0.25) is 0 Å². The summed E-state index contributed by atoms with van der Waals surface area (Å²) in [6, 6.07) is 16.7. The molecule has 0 N–H and O–H groups in total.